The van der Waals surface area contributed by atoms with E-state index in [9.17, 15) is 20.1 Å². The van der Waals surface area contributed by atoms with E-state index >= 15 is 0 Å². The van der Waals surface area contributed by atoms with Crippen LogP contribution >= 0.6 is 0 Å². The van der Waals surface area contributed by atoms with Crippen molar-refractivity contribution < 1.29 is 25.2 Å². The summed E-state index contributed by atoms with van der Waals surface area (Å²) in [4.78, 5) is 10.4. The van der Waals surface area contributed by atoms with E-state index in [1.165, 1.54) is 0 Å². The van der Waals surface area contributed by atoms with Gasteiger partial charge in [0.2, 0.25) is 0 Å². The van der Waals surface area contributed by atoms with E-state index in [1.807, 2.05) is 6.08 Å². The minimum atomic E-state index is -0.812. The van der Waals surface area contributed by atoms with Crippen molar-refractivity contribution in [3.05, 3.63) is 12.2 Å². The fourth-order valence-electron chi connectivity index (χ4n) is 3.39. The van der Waals surface area contributed by atoms with Gasteiger partial charge in [0, 0.05) is 18.8 Å². The van der Waals surface area contributed by atoms with Gasteiger partial charge in [0.05, 0.1) is 18.3 Å². The molecule has 23 heavy (non-hydrogen) atoms. The number of aliphatic carboxylic acids is 1. The van der Waals surface area contributed by atoms with E-state index in [2.05, 4.69) is 6.92 Å². The van der Waals surface area contributed by atoms with Crippen LogP contribution in [-0.4, -0.2) is 44.7 Å². The molecule has 0 spiro atoms. The molecule has 1 fully saturated rings. The lowest BCUT2D eigenvalue weighted by Gasteiger charge is -2.21. The fraction of sp³-hybridized carbons (Fsp3) is 0.833. The third-order valence-corrected chi connectivity index (χ3v) is 4.75. The number of aliphatic hydroxyl groups is 3. The first-order chi connectivity index (χ1) is 11.0. The Kier molecular flexibility index (Phi) is 9.44. The Hall–Kier alpha value is -0.910. The predicted molar refractivity (Wildman–Crippen MR) is 89.0 cm³/mol. The van der Waals surface area contributed by atoms with E-state index in [4.69, 9.17) is 5.11 Å². The van der Waals surface area contributed by atoms with Crippen LogP contribution in [0.1, 0.15) is 64.7 Å². The largest absolute Gasteiger partial charge is 0.481 e. The zero-order valence-electron chi connectivity index (χ0n) is 14.1. The molecule has 1 aliphatic carbocycles. The van der Waals surface area contributed by atoms with Crippen molar-refractivity contribution >= 4 is 5.97 Å². The second kappa shape index (κ2) is 10.8. The zero-order valence-corrected chi connectivity index (χ0v) is 14.1. The molecular formula is C18H32O5. The van der Waals surface area contributed by atoms with Gasteiger partial charge in [-0.3, -0.25) is 4.79 Å². The predicted octanol–water partition coefficient (Wildman–Crippen LogP) is 2.49. The van der Waals surface area contributed by atoms with E-state index in [1.54, 1.807) is 6.08 Å². The Morgan fingerprint density at radius 1 is 1.17 bits per heavy atom. The summed E-state index contributed by atoms with van der Waals surface area (Å²) in [5, 5.41) is 38.7. The van der Waals surface area contributed by atoms with Crippen molar-refractivity contribution in [3.63, 3.8) is 0 Å². The summed E-state index contributed by atoms with van der Waals surface area (Å²) >= 11 is 0. The molecule has 0 unspecified atom stereocenters. The fourth-order valence-corrected chi connectivity index (χ4v) is 3.39. The topological polar surface area (TPSA) is 98.0 Å². The number of carboxylic acids is 1. The Balaban J connectivity index is 2.42. The first kappa shape index (κ1) is 20.1. The molecule has 1 saturated carbocycles. The number of rotatable bonds is 11. The van der Waals surface area contributed by atoms with E-state index in [0.717, 1.165) is 25.7 Å². The lowest BCUT2D eigenvalue weighted by atomic mass is 9.88. The number of carboxylic acid groups (broad SMARTS) is 1. The first-order valence-corrected chi connectivity index (χ1v) is 8.90. The second-order valence-electron chi connectivity index (χ2n) is 6.70. The number of aliphatic hydroxyl groups excluding tert-OH is 3. The van der Waals surface area contributed by atoms with Crippen molar-refractivity contribution in [2.75, 3.05) is 0 Å². The number of unbranched alkanes of at least 4 members (excludes halogenated alkanes) is 3. The van der Waals surface area contributed by atoms with Crippen molar-refractivity contribution in [1.82, 2.24) is 0 Å². The normalized spacial score (nSPS) is 29.2. The molecule has 1 rings (SSSR count). The van der Waals surface area contributed by atoms with Crippen LogP contribution in [0.2, 0.25) is 0 Å². The van der Waals surface area contributed by atoms with Gasteiger partial charge in [-0.05, 0) is 31.6 Å². The highest BCUT2D eigenvalue weighted by Crippen LogP contribution is 2.37. The Bertz CT molecular complexity index is 368. The second-order valence-corrected chi connectivity index (χ2v) is 6.70. The molecule has 134 valence electrons. The molecule has 0 saturated heterocycles. The molecule has 5 heteroatoms. The highest BCUT2D eigenvalue weighted by molar-refractivity contribution is 5.66. The van der Waals surface area contributed by atoms with Gasteiger partial charge in [-0.1, -0.05) is 38.3 Å². The molecular weight excluding hydrogens is 296 g/mol. The van der Waals surface area contributed by atoms with Crippen molar-refractivity contribution in [3.8, 4) is 0 Å². The third-order valence-electron chi connectivity index (χ3n) is 4.75. The van der Waals surface area contributed by atoms with E-state index < -0.39 is 24.3 Å². The summed E-state index contributed by atoms with van der Waals surface area (Å²) in [6, 6.07) is 0. The SMILES string of the molecule is CCCCC[C@H]1[C@@H](/C=C/[C@H](O)CCCCC(=O)O)[C@@H](O)C[C@H]1O. The van der Waals surface area contributed by atoms with Gasteiger partial charge in [0.25, 0.3) is 0 Å². The molecule has 0 aliphatic heterocycles. The summed E-state index contributed by atoms with van der Waals surface area (Å²) in [5.74, 6) is -0.851. The van der Waals surface area contributed by atoms with Crippen LogP contribution in [0.5, 0.6) is 0 Å². The molecule has 0 heterocycles. The van der Waals surface area contributed by atoms with Crippen molar-refractivity contribution in [2.24, 2.45) is 11.8 Å². The van der Waals surface area contributed by atoms with Crippen LogP contribution in [-0.2, 0) is 4.79 Å². The van der Waals surface area contributed by atoms with Crippen molar-refractivity contribution in [2.45, 2.75) is 83.0 Å². The molecule has 1 aliphatic rings. The molecule has 0 radical (unpaired) electrons. The van der Waals surface area contributed by atoms with Crippen LogP contribution in [0.4, 0.5) is 0 Å². The minimum absolute atomic E-state index is 0.0620. The molecule has 5 nitrogen and oxygen atoms in total. The third kappa shape index (κ3) is 7.46. The van der Waals surface area contributed by atoms with Gasteiger partial charge >= 0.3 is 5.97 Å². The average molecular weight is 328 g/mol. The molecule has 0 aromatic heterocycles. The number of carbonyl (C=O) groups is 1. The quantitative estimate of drug-likeness (QED) is 0.345. The summed E-state index contributed by atoms with van der Waals surface area (Å²) in [6.45, 7) is 2.14. The summed E-state index contributed by atoms with van der Waals surface area (Å²) in [5.41, 5.74) is 0. The Morgan fingerprint density at radius 3 is 2.57 bits per heavy atom. The molecule has 0 amide bonds. The lowest BCUT2D eigenvalue weighted by molar-refractivity contribution is -0.137. The smallest absolute Gasteiger partial charge is 0.303 e. The lowest BCUT2D eigenvalue weighted by Crippen LogP contribution is -2.21. The minimum Gasteiger partial charge on any atom is -0.481 e. The average Bonchev–Trinajstić information content (AvgIpc) is 2.75. The molecule has 4 N–H and O–H groups in total. The Morgan fingerprint density at radius 2 is 1.91 bits per heavy atom. The van der Waals surface area contributed by atoms with Gasteiger partial charge in [-0.25, -0.2) is 0 Å². The summed E-state index contributed by atoms with van der Waals surface area (Å²) in [6.07, 6.45) is 8.38. The van der Waals surface area contributed by atoms with E-state index in [-0.39, 0.29) is 18.3 Å². The highest BCUT2D eigenvalue weighted by atomic mass is 16.4. The monoisotopic (exact) mass is 328 g/mol. The van der Waals surface area contributed by atoms with E-state index in [0.29, 0.717) is 25.7 Å². The van der Waals surface area contributed by atoms with Crippen LogP contribution in [0, 0.1) is 11.8 Å². The maximum absolute atomic E-state index is 10.4. The maximum Gasteiger partial charge on any atom is 0.303 e. The van der Waals surface area contributed by atoms with Gasteiger partial charge in [0.1, 0.15) is 0 Å². The first-order valence-electron chi connectivity index (χ1n) is 8.90. The van der Waals surface area contributed by atoms with Crippen LogP contribution in [0.15, 0.2) is 12.2 Å². The highest BCUT2D eigenvalue weighted by Gasteiger charge is 2.39. The number of hydrogen-bond donors (Lipinski definition) is 4. The summed E-state index contributed by atoms with van der Waals surface area (Å²) in [7, 11) is 0. The zero-order chi connectivity index (χ0) is 17.2. The Labute approximate surface area is 139 Å². The van der Waals surface area contributed by atoms with Crippen LogP contribution in [0.25, 0.3) is 0 Å². The molecule has 0 aromatic carbocycles. The molecule has 0 bridgehead atoms. The van der Waals surface area contributed by atoms with Crippen LogP contribution in [0.3, 0.4) is 0 Å². The molecule has 5 atom stereocenters. The van der Waals surface area contributed by atoms with Gasteiger partial charge in [0.15, 0.2) is 0 Å². The van der Waals surface area contributed by atoms with Gasteiger partial charge < -0.3 is 20.4 Å². The van der Waals surface area contributed by atoms with Gasteiger partial charge in [-0.15, -0.1) is 0 Å². The van der Waals surface area contributed by atoms with Crippen molar-refractivity contribution in [1.29, 1.82) is 0 Å². The number of hydrogen-bond acceptors (Lipinski definition) is 4. The maximum atomic E-state index is 10.4. The van der Waals surface area contributed by atoms with Gasteiger partial charge in [-0.2, -0.15) is 0 Å². The summed E-state index contributed by atoms with van der Waals surface area (Å²) < 4.78 is 0. The van der Waals surface area contributed by atoms with Crippen LogP contribution < -0.4 is 0 Å². The standard InChI is InChI=1S/C18H32O5/c1-2-3-4-8-14-15(17(21)12-16(14)20)11-10-13(19)7-5-6-9-18(22)23/h10-11,13-17,19-21H,2-9,12H2,1H3,(H,22,23)/b11-10+/t13-,14+,15-,16-,17+/m1/s1. The molecule has 0 aromatic rings.